The van der Waals surface area contributed by atoms with Gasteiger partial charge in [0.15, 0.2) is 4.47 Å². The Labute approximate surface area is 163 Å². The number of hydrogen-bond acceptors (Lipinski definition) is 5. The van der Waals surface area contributed by atoms with Gasteiger partial charge < -0.3 is 4.55 Å². The van der Waals surface area contributed by atoms with Crippen LogP contribution >= 0.6 is 22.9 Å². The lowest BCUT2D eigenvalue weighted by Crippen LogP contribution is -2.50. The highest BCUT2D eigenvalue weighted by atomic mass is 35.5. The van der Waals surface area contributed by atoms with E-state index in [2.05, 4.69) is 30.7 Å². The molecule has 0 bridgehead atoms. The molecule has 2 aliphatic rings. The molecule has 2 heterocycles. The van der Waals surface area contributed by atoms with E-state index >= 15 is 0 Å². The van der Waals surface area contributed by atoms with Gasteiger partial charge in [0, 0.05) is 17.4 Å². The number of aromatic nitrogens is 1. The molecule has 1 saturated heterocycles. The Kier molecular flexibility index (Phi) is 5.09. The first-order valence-corrected chi connectivity index (χ1v) is 11.1. The van der Waals surface area contributed by atoms with E-state index in [0.29, 0.717) is 4.47 Å². The quantitative estimate of drug-likeness (QED) is 0.651. The van der Waals surface area contributed by atoms with Crippen LogP contribution in [0.15, 0.2) is 4.40 Å². The Balaban J connectivity index is 1.94. The Morgan fingerprint density at radius 3 is 2.32 bits per heavy atom. The van der Waals surface area contributed by atoms with Gasteiger partial charge >= 0.3 is 0 Å². The minimum absolute atomic E-state index is 0.0264. The predicted octanol–water partition coefficient (Wildman–Crippen LogP) is 4.48. The molecular formula is C18H28ClN3OS2. The highest BCUT2D eigenvalue weighted by molar-refractivity contribution is 7.91. The van der Waals surface area contributed by atoms with Gasteiger partial charge in [0.25, 0.3) is 0 Å². The van der Waals surface area contributed by atoms with E-state index in [0.717, 1.165) is 48.6 Å². The molecule has 25 heavy (non-hydrogen) atoms. The third-order valence-corrected chi connectivity index (χ3v) is 7.87. The lowest BCUT2D eigenvalue weighted by atomic mass is 9.74. The van der Waals surface area contributed by atoms with Crippen LogP contribution in [0.2, 0.25) is 4.47 Å². The molecule has 1 aromatic heterocycles. The van der Waals surface area contributed by atoms with Crippen molar-refractivity contribution in [3.05, 3.63) is 15.0 Å². The molecule has 1 aromatic rings. The summed E-state index contributed by atoms with van der Waals surface area (Å²) in [4.78, 5) is 8.11. The molecule has 140 valence electrons. The highest BCUT2D eigenvalue weighted by Crippen LogP contribution is 2.48. The molecular weight excluding hydrogens is 374 g/mol. The molecule has 1 aliphatic heterocycles. The smallest absolute Gasteiger partial charge is 0.184 e. The van der Waals surface area contributed by atoms with E-state index in [1.54, 1.807) is 0 Å². The van der Waals surface area contributed by atoms with Crippen LogP contribution < -0.4 is 0 Å². The molecule has 0 N–H and O–H groups in total. The minimum atomic E-state index is -1.27. The summed E-state index contributed by atoms with van der Waals surface area (Å²) in [6.07, 6.45) is 2.94. The van der Waals surface area contributed by atoms with Crippen LogP contribution in [0.25, 0.3) is 0 Å². The lowest BCUT2D eigenvalue weighted by Gasteiger charge is -2.45. The van der Waals surface area contributed by atoms with E-state index in [1.165, 1.54) is 11.3 Å². The molecule has 0 aromatic carbocycles. The van der Waals surface area contributed by atoms with Crippen LogP contribution in [0.1, 0.15) is 65.0 Å². The molecule has 3 rings (SSSR count). The summed E-state index contributed by atoms with van der Waals surface area (Å²) in [5.41, 5.74) is 2.19. The largest absolute Gasteiger partial charge is 0.591 e. The first kappa shape index (κ1) is 19.6. The van der Waals surface area contributed by atoms with Crippen molar-refractivity contribution in [3.8, 4) is 0 Å². The number of thiazole rings is 1. The van der Waals surface area contributed by atoms with Gasteiger partial charge in [-0.15, -0.1) is 11.3 Å². The molecule has 0 radical (unpaired) electrons. The summed E-state index contributed by atoms with van der Waals surface area (Å²) >= 11 is 6.37. The van der Waals surface area contributed by atoms with Crippen LogP contribution in [0.4, 0.5) is 0 Å². The number of rotatable bonds is 1. The average Bonchev–Trinajstić information content (AvgIpc) is 2.93. The van der Waals surface area contributed by atoms with E-state index in [1.807, 2.05) is 20.8 Å². The highest BCUT2D eigenvalue weighted by Gasteiger charge is 2.50. The zero-order valence-electron chi connectivity index (χ0n) is 16.0. The number of fused-ring (bicyclic) bond motifs is 1. The molecule has 0 unspecified atom stereocenters. The monoisotopic (exact) mass is 401 g/mol. The Morgan fingerprint density at radius 1 is 1.20 bits per heavy atom. The Bertz CT molecular complexity index is 679. The molecule has 1 aliphatic carbocycles. The number of halogens is 1. The molecule has 0 saturated carbocycles. The predicted molar refractivity (Wildman–Crippen MR) is 108 cm³/mol. The Morgan fingerprint density at radius 2 is 1.80 bits per heavy atom. The maximum absolute atomic E-state index is 12.8. The third kappa shape index (κ3) is 3.79. The molecule has 4 nitrogen and oxygen atoms in total. The summed E-state index contributed by atoms with van der Waals surface area (Å²) < 4.78 is 17.7. The van der Waals surface area contributed by atoms with Gasteiger partial charge in [-0.2, -0.15) is 0 Å². The summed E-state index contributed by atoms with van der Waals surface area (Å²) in [7, 11) is 0. The topological polar surface area (TPSA) is 51.5 Å². The van der Waals surface area contributed by atoms with Crippen LogP contribution in [0, 0.1) is 5.41 Å². The standard InChI is InChI=1S/C18H28ClN3OS2/c1-16(2,3)22-9-7-18(8-10-22)11-12-13(24-15(19)20-12)14(18)21-25(23)17(4,5)6/h7-11H2,1-6H3/t25-/m1/s1. The van der Waals surface area contributed by atoms with Gasteiger partial charge in [-0.3, -0.25) is 4.90 Å². The number of piperidine rings is 1. The van der Waals surface area contributed by atoms with Crippen molar-refractivity contribution in [2.75, 3.05) is 13.1 Å². The maximum atomic E-state index is 12.8. The van der Waals surface area contributed by atoms with E-state index in [-0.39, 0.29) is 15.7 Å². The fourth-order valence-corrected chi connectivity index (χ4v) is 5.68. The van der Waals surface area contributed by atoms with Crippen molar-refractivity contribution < 1.29 is 4.55 Å². The van der Waals surface area contributed by atoms with Gasteiger partial charge in [0.2, 0.25) is 0 Å². The van der Waals surface area contributed by atoms with Crippen LogP contribution in [-0.4, -0.2) is 43.5 Å². The van der Waals surface area contributed by atoms with Crippen molar-refractivity contribution in [1.29, 1.82) is 0 Å². The molecule has 1 spiro atoms. The van der Waals surface area contributed by atoms with Crippen molar-refractivity contribution >= 4 is 40.0 Å². The molecule has 1 atom stereocenters. The SMILES string of the molecule is CC(C)(C)N1CCC2(CC1)Cc1nc(Cl)sc1C2=N[S@+]([O-])C(C)(C)C. The third-order valence-electron chi connectivity index (χ3n) is 5.26. The van der Waals surface area contributed by atoms with Crippen LogP contribution in [0.3, 0.4) is 0 Å². The molecule has 0 amide bonds. The van der Waals surface area contributed by atoms with Gasteiger partial charge in [0.05, 0.1) is 10.6 Å². The zero-order valence-corrected chi connectivity index (χ0v) is 18.4. The normalized spacial score (nSPS) is 24.1. The maximum Gasteiger partial charge on any atom is 0.184 e. The van der Waals surface area contributed by atoms with Gasteiger partial charge in [0.1, 0.15) is 21.8 Å². The second-order valence-corrected chi connectivity index (χ2v) is 12.6. The van der Waals surface area contributed by atoms with E-state index in [9.17, 15) is 4.55 Å². The fourth-order valence-electron chi connectivity index (χ4n) is 3.65. The fraction of sp³-hybridized carbons (Fsp3) is 0.778. The van der Waals surface area contributed by atoms with Gasteiger partial charge in [-0.25, -0.2) is 4.98 Å². The first-order chi connectivity index (χ1) is 11.4. The van der Waals surface area contributed by atoms with Gasteiger partial charge in [-0.1, -0.05) is 16.0 Å². The number of likely N-dealkylation sites (tertiary alicyclic amines) is 1. The minimum Gasteiger partial charge on any atom is -0.591 e. The lowest BCUT2D eigenvalue weighted by molar-refractivity contribution is 0.0719. The second kappa shape index (κ2) is 6.48. The van der Waals surface area contributed by atoms with Crippen molar-refractivity contribution in [2.24, 2.45) is 9.81 Å². The van der Waals surface area contributed by atoms with Crippen molar-refractivity contribution in [2.45, 2.75) is 71.1 Å². The average molecular weight is 402 g/mol. The summed E-state index contributed by atoms with van der Waals surface area (Å²) in [5.74, 6) is 0. The van der Waals surface area contributed by atoms with Crippen LogP contribution in [0.5, 0.6) is 0 Å². The van der Waals surface area contributed by atoms with Crippen LogP contribution in [-0.2, 0) is 17.8 Å². The summed E-state index contributed by atoms with van der Waals surface area (Å²) in [6.45, 7) is 14.8. The van der Waals surface area contributed by atoms with E-state index < -0.39 is 11.4 Å². The zero-order chi connectivity index (χ0) is 18.6. The van der Waals surface area contributed by atoms with Crippen molar-refractivity contribution in [1.82, 2.24) is 9.88 Å². The number of hydrogen-bond donors (Lipinski definition) is 0. The van der Waals surface area contributed by atoms with E-state index in [4.69, 9.17) is 16.0 Å². The first-order valence-electron chi connectivity index (χ1n) is 8.84. The van der Waals surface area contributed by atoms with Gasteiger partial charge in [-0.05, 0) is 67.5 Å². The summed E-state index contributed by atoms with van der Waals surface area (Å²) in [6, 6.07) is 0. The molecule has 7 heteroatoms. The molecule has 1 fully saturated rings. The second-order valence-electron chi connectivity index (χ2n) is 9.16. The number of nitrogens with zero attached hydrogens (tertiary/aromatic N) is 3. The van der Waals surface area contributed by atoms with Crippen molar-refractivity contribution in [3.63, 3.8) is 0 Å². The summed E-state index contributed by atoms with van der Waals surface area (Å²) in [5, 5.41) is 0. The Hall–Kier alpha value is -0.140.